The summed E-state index contributed by atoms with van der Waals surface area (Å²) >= 11 is 5.24. The molecule has 1 atom stereocenters. The molecule has 1 aromatic heterocycles. The molecule has 0 aliphatic heterocycles. The summed E-state index contributed by atoms with van der Waals surface area (Å²) in [6, 6.07) is 2.15. The third-order valence-corrected chi connectivity index (χ3v) is 2.83. The molecule has 0 spiro atoms. The van der Waals surface area contributed by atoms with Crippen molar-refractivity contribution >= 4 is 27.3 Å². The van der Waals surface area contributed by atoms with Crippen molar-refractivity contribution in [1.82, 2.24) is 0 Å². The van der Waals surface area contributed by atoms with Crippen LogP contribution in [0.4, 0.5) is 0 Å². The van der Waals surface area contributed by atoms with Crippen LogP contribution in [-0.2, 0) is 6.42 Å². The first kappa shape index (κ1) is 11.1. The summed E-state index contributed by atoms with van der Waals surface area (Å²) < 4.78 is 5.62. The Morgan fingerprint density at radius 3 is 3.00 bits per heavy atom. The lowest BCUT2D eigenvalue weighted by Crippen LogP contribution is -1.99. The molecule has 0 bridgehead atoms. The third kappa shape index (κ3) is 3.69. The number of alkyl halides is 1. The molecule has 1 heterocycles. The van der Waals surface area contributed by atoms with E-state index in [9.17, 15) is 0 Å². The van der Waals surface area contributed by atoms with Crippen molar-refractivity contribution in [2.45, 2.75) is 31.5 Å². The first-order chi connectivity index (χ1) is 6.24. The Hall–Kier alpha value is -0.0200. The van der Waals surface area contributed by atoms with Gasteiger partial charge in [-0.1, -0.05) is 29.8 Å². The molecule has 3 heteroatoms. The Kier molecular flexibility index (Phi) is 4.81. The average Bonchev–Trinajstić information content (AvgIpc) is 2.48. The molecule has 0 N–H and O–H groups in total. The van der Waals surface area contributed by atoms with Gasteiger partial charge >= 0.3 is 0 Å². The second-order valence-electron chi connectivity index (χ2n) is 3.07. The fraction of sp³-hybridized carbons (Fsp3) is 0.600. The van der Waals surface area contributed by atoms with Gasteiger partial charge in [-0.05, 0) is 24.3 Å². The number of rotatable bonds is 5. The minimum absolute atomic E-state index is 0.520. The van der Waals surface area contributed by atoms with Crippen molar-refractivity contribution in [3.63, 3.8) is 0 Å². The zero-order chi connectivity index (χ0) is 9.68. The first-order valence-electron chi connectivity index (χ1n) is 4.57. The van der Waals surface area contributed by atoms with Crippen LogP contribution >= 0.6 is 27.3 Å². The van der Waals surface area contributed by atoms with E-state index in [0.717, 1.165) is 24.5 Å². The van der Waals surface area contributed by atoms with Gasteiger partial charge in [-0.25, -0.2) is 0 Å². The molecule has 0 saturated heterocycles. The maximum absolute atomic E-state index is 5.62. The van der Waals surface area contributed by atoms with Crippen LogP contribution in [0.15, 0.2) is 11.4 Å². The monoisotopic (exact) mass is 262 g/mol. The van der Waals surface area contributed by atoms with Crippen LogP contribution in [0.1, 0.15) is 25.8 Å². The van der Waals surface area contributed by atoms with Gasteiger partial charge in [-0.2, -0.15) is 0 Å². The van der Waals surface area contributed by atoms with E-state index in [0.29, 0.717) is 4.83 Å². The molecule has 1 rings (SSSR count). The number of hydrogen-bond donors (Lipinski definition) is 0. The van der Waals surface area contributed by atoms with Crippen LogP contribution in [0.2, 0.25) is 0 Å². The maximum Gasteiger partial charge on any atom is 0.176 e. The minimum atomic E-state index is 0.520. The molecule has 74 valence electrons. The number of ether oxygens (including phenoxy) is 1. The first-order valence-corrected chi connectivity index (χ1v) is 6.36. The molecule has 0 aliphatic carbocycles. The number of hydrogen-bond acceptors (Lipinski definition) is 2. The standard InChI is InChI=1S/C10H15BrOS/c1-3-5-12-10-9(4-6-13-10)7-8(2)11/h4,6,8H,3,5,7H2,1-2H3. The SMILES string of the molecule is CCCOc1sccc1CC(C)Br. The molecular weight excluding hydrogens is 248 g/mol. The van der Waals surface area contributed by atoms with Crippen LogP contribution in [0.5, 0.6) is 5.06 Å². The normalized spacial score (nSPS) is 12.8. The predicted octanol–water partition coefficient (Wildman–Crippen LogP) is 3.86. The number of halogens is 1. The van der Waals surface area contributed by atoms with E-state index in [4.69, 9.17) is 4.74 Å². The van der Waals surface area contributed by atoms with Crippen LogP contribution in [0.3, 0.4) is 0 Å². The zero-order valence-electron chi connectivity index (χ0n) is 8.05. The van der Waals surface area contributed by atoms with Gasteiger partial charge in [0.2, 0.25) is 0 Å². The van der Waals surface area contributed by atoms with Crippen LogP contribution in [-0.4, -0.2) is 11.4 Å². The van der Waals surface area contributed by atoms with E-state index in [1.165, 1.54) is 5.56 Å². The molecule has 1 aromatic rings. The Bertz CT molecular complexity index is 245. The van der Waals surface area contributed by atoms with E-state index in [2.05, 4.69) is 41.2 Å². The van der Waals surface area contributed by atoms with Crippen molar-refractivity contribution in [3.05, 3.63) is 17.0 Å². The van der Waals surface area contributed by atoms with E-state index < -0.39 is 0 Å². The molecule has 0 saturated carbocycles. The van der Waals surface area contributed by atoms with Crippen LogP contribution < -0.4 is 4.74 Å². The Balaban J connectivity index is 2.55. The Labute approximate surface area is 92.2 Å². The molecule has 0 aliphatic rings. The van der Waals surface area contributed by atoms with Gasteiger partial charge < -0.3 is 4.74 Å². The van der Waals surface area contributed by atoms with Gasteiger partial charge in [-0.15, -0.1) is 11.3 Å². The van der Waals surface area contributed by atoms with Gasteiger partial charge in [-0.3, -0.25) is 0 Å². The van der Waals surface area contributed by atoms with Crippen molar-refractivity contribution in [1.29, 1.82) is 0 Å². The quantitative estimate of drug-likeness (QED) is 0.733. The Morgan fingerprint density at radius 1 is 1.62 bits per heavy atom. The molecule has 0 fully saturated rings. The highest BCUT2D eigenvalue weighted by Crippen LogP contribution is 2.28. The van der Waals surface area contributed by atoms with E-state index in [1.54, 1.807) is 11.3 Å². The van der Waals surface area contributed by atoms with E-state index >= 15 is 0 Å². The highest BCUT2D eigenvalue weighted by atomic mass is 79.9. The van der Waals surface area contributed by atoms with Crippen molar-refractivity contribution in [2.75, 3.05) is 6.61 Å². The van der Waals surface area contributed by atoms with Gasteiger partial charge in [0, 0.05) is 10.4 Å². The second kappa shape index (κ2) is 5.66. The maximum atomic E-state index is 5.62. The van der Waals surface area contributed by atoms with Gasteiger partial charge in [0.1, 0.15) is 0 Å². The summed E-state index contributed by atoms with van der Waals surface area (Å²) in [6.45, 7) is 5.10. The van der Waals surface area contributed by atoms with Gasteiger partial charge in [0.15, 0.2) is 5.06 Å². The topological polar surface area (TPSA) is 9.23 Å². The summed E-state index contributed by atoms with van der Waals surface area (Å²) in [6.07, 6.45) is 2.11. The van der Waals surface area contributed by atoms with E-state index in [1.807, 2.05) is 0 Å². The van der Waals surface area contributed by atoms with Gasteiger partial charge in [0.05, 0.1) is 6.61 Å². The fourth-order valence-corrected chi connectivity index (χ4v) is 2.26. The highest BCUT2D eigenvalue weighted by molar-refractivity contribution is 9.09. The summed E-state index contributed by atoms with van der Waals surface area (Å²) in [4.78, 5) is 0.520. The predicted molar refractivity (Wildman–Crippen MR) is 62.2 cm³/mol. The molecule has 0 radical (unpaired) electrons. The molecular formula is C10H15BrOS. The smallest absolute Gasteiger partial charge is 0.176 e. The van der Waals surface area contributed by atoms with Crippen molar-refractivity contribution in [3.8, 4) is 5.06 Å². The number of thiophene rings is 1. The highest BCUT2D eigenvalue weighted by Gasteiger charge is 2.07. The summed E-state index contributed by atoms with van der Waals surface area (Å²) in [5.41, 5.74) is 1.32. The summed E-state index contributed by atoms with van der Waals surface area (Å²) in [5, 5.41) is 3.18. The zero-order valence-corrected chi connectivity index (χ0v) is 10.5. The van der Waals surface area contributed by atoms with Crippen LogP contribution in [0, 0.1) is 0 Å². The summed E-state index contributed by atoms with van der Waals surface area (Å²) in [7, 11) is 0. The lowest BCUT2D eigenvalue weighted by molar-refractivity contribution is 0.323. The third-order valence-electron chi connectivity index (χ3n) is 1.64. The summed E-state index contributed by atoms with van der Waals surface area (Å²) in [5.74, 6) is 0. The van der Waals surface area contributed by atoms with Crippen molar-refractivity contribution in [2.24, 2.45) is 0 Å². The van der Waals surface area contributed by atoms with E-state index in [-0.39, 0.29) is 0 Å². The average molecular weight is 263 g/mol. The lowest BCUT2D eigenvalue weighted by Gasteiger charge is -2.06. The minimum Gasteiger partial charge on any atom is -0.484 e. The second-order valence-corrected chi connectivity index (χ2v) is 5.51. The molecule has 1 nitrogen and oxygen atoms in total. The largest absolute Gasteiger partial charge is 0.484 e. The van der Waals surface area contributed by atoms with Crippen molar-refractivity contribution < 1.29 is 4.74 Å². The van der Waals surface area contributed by atoms with Crippen LogP contribution in [0.25, 0.3) is 0 Å². The molecule has 1 unspecified atom stereocenters. The molecule has 13 heavy (non-hydrogen) atoms. The molecule has 0 amide bonds. The van der Waals surface area contributed by atoms with Gasteiger partial charge in [0.25, 0.3) is 0 Å². The fourth-order valence-electron chi connectivity index (χ4n) is 1.10. The Morgan fingerprint density at radius 2 is 2.38 bits per heavy atom. The lowest BCUT2D eigenvalue weighted by atomic mass is 10.2. The molecule has 0 aromatic carbocycles.